The minimum absolute atomic E-state index is 0.0725. The van der Waals surface area contributed by atoms with Gasteiger partial charge in [-0.1, -0.05) is 19.3 Å². The summed E-state index contributed by atoms with van der Waals surface area (Å²) in [6.45, 7) is 6.30. The van der Waals surface area contributed by atoms with Crippen molar-refractivity contribution in [3.05, 3.63) is 36.4 Å². The van der Waals surface area contributed by atoms with Crippen LogP contribution in [-0.2, 0) is 17.6 Å². The number of aromatic nitrogens is 4. The van der Waals surface area contributed by atoms with Crippen molar-refractivity contribution in [3.63, 3.8) is 0 Å². The van der Waals surface area contributed by atoms with E-state index in [-0.39, 0.29) is 5.92 Å². The zero-order valence-corrected chi connectivity index (χ0v) is 21.4. The van der Waals surface area contributed by atoms with Crippen LogP contribution in [0.5, 0.6) is 0 Å². The maximum absolute atomic E-state index is 13.1. The molecule has 7 heteroatoms. The topological polar surface area (TPSA) is 80.9 Å². The Morgan fingerprint density at radius 3 is 2.23 bits per heavy atom. The van der Waals surface area contributed by atoms with Crippen molar-refractivity contribution in [3.8, 4) is 0 Å². The van der Waals surface area contributed by atoms with Crippen molar-refractivity contribution < 1.29 is 4.79 Å². The van der Waals surface area contributed by atoms with Crippen LogP contribution < -0.4 is 0 Å². The van der Waals surface area contributed by atoms with E-state index in [1.54, 1.807) is 12.4 Å². The molecular weight excluding hydrogens is 436 g/mol. The Bertz CT molecular complexity index is 844. The normalized spacial score (nSPS) is 21.9. The van der Waals surface area contributed by atoms with Gasteiger partial charge < -0.3 is 19.8 Å². The predicted molar refractivity (Wildman–Crippen MR) is 138 cm³/mol. The Kier molecular flexibility index (Phi) is 8.35. The van der Waals surface area contributed by atoms with Crippen molar-refractivity contribution in [2.75, 3.05) is 32.7 Å². The maximum Gasteiger partial charge on any atom is 0.136 e. The van der Waals surface area contributed by atoms with Crippen molar-refractivity contribution in [2.24, 2.45) is 11.3 Å². The van der Waals surface area contributed by atoms with Gasteiger partial charge in [0.2, 0.25) is 0 Å². The van der Waals surface area contributed by atoms with Gasteiger partial charge in [-0.2, -0.15) is 0 Å². The van der Waals surface area contributed by atoms with Gasteiger partial charge in [0.05, 0.1) is 0 Å². The van der Waals surface area contributed by atoms with Crippen LogP contribution in [-0.4, -0.2) is 74.3 Å². The highest BCUT2D eigenvalue weighted by Gasteiger charge is 2.41. The van der Waals surface area contributed by atoms with Crippen LogP contribution in [0, 0.1) is 11.3 Å². The number of hydrogen-bond acceptors (Lipinski definition) is 5. The molecule has 0 aromatic carbocycles. The quantitative estimate of drug-likeness (QED) is 0.466. The first-order chi connectivity index (χ1) is 17.2. The van der Waals surface area contributed by atoms with Gasteiger partial charge in [0.25, 0.3) is 0 Å². The van der Waals surface area contributed by atoms with Gasteiger partial charge in [-0.25, -0.2) is 9.97 Å². The highest BCUT2D eigenvalue weighted by atomic mass is 16.1. The van der Waals surface area contributed by atoms with Crippen LogP contribution in [0.2, 0.25) is 0 Å². The Morgan fingerprint density at radius 2 is 1.60 bits per heavy atom. The van der Waals surface area contributed by atoms with Crippen molar-refractivity contribution in [1.82, 2.24) is 29.7 Å². The summed E-state index contributed by atoms with van der Waals surface area (Å²) in [6.07, 6.45) is 22.6. The van der Waals surface area contributed by atoms with Crippen LogP contribution in [0.1, 0.15) is 82.3 Å². The highest BCUT2D eigenvalue weighted by Crippen LogP contribution is 2.41. The summed E-state index contributed by atoms with van der Waals surface area (Å²) in [5.41, 5.74) is 0.568. The number of rotatable bonds is 11. The molecular formula is C28H44N6O. The Morgan fingerprint density at radius 1 is 0.943 bits per heavy atom. The Labute approximate surface area is 210 Å². The van der Waals surface area contributed by atoms with Crippen molar-refractivity contribution in [2.45, 2.75) is 89.5 Å². The molecule has 2 N–H and O–H groups in total. The third-order valence-corrected chi connectivity index (χ3v) is 9.06. The van der Waals surface area contributed by atoms with Gasteiger partial charge in [0.1, 0.15) is 17.4 Å². The number of Topliss-reactive ketones (excluding diaryl/α,β-unsaturated/α-hetero) is 1. The van der Waals surface area contributed by atoms with Crippen molar-refractivity contribution in [1.29, 1.82) is 0 Å². The fraction of sp³-hybridized carbons (Fsp3) is 0.750. The van der Waals surface area contributed by atoms with E-state index in [1.807, 2.05) is 12.4 Å². The van der Waals surface area contributed by atoms with Gasteiger partial charge in [-0.3, -0.25) is 4.79 Å². The number of hydrogen-bond donors (Lipinski definition) is 2. The number of aromatic amines is 2. The summed E-state index contributed by atoms with van der Waals surface area (Å²) < 4.78 is 0. The Hall–Kier alpha value is -1.99. The Balaban J connectivity index is 1.02. The summed E-state index contributed by atoms with van der Waals surface area (Å²) in [5, 5.41) is 0. The largest absolute Gasteiger partial charge is 0.349 e. The number of likely N-dealkylation sites (tertiary alicyclic amines) is 2. The summed E-state index contributed by atoms with van der Waals surface area (Å²) in [7, 11) is 0. The first-order valence-corrected chi connectivity index (χ1v) is 14.1. The number of ketones is 1. The second-order valence-corrected chi connectivity index (χ2v) is 11.5. The molecule has 35 heavy (non-hydrogen) atoms. The average molecular weight is 481 g/mol. The molecule has 7 nitrogen and oxygen atoms in total. The van der Waals surface area contributed by atoms with E-state index in [1.165, 1.54) is 77.5 Å². The minimum Gasteiger partial charge on any atom is -0.349 e. The first kappa shape index (κ1) is 24.7. The monoisotopic (exact) mass is 480 g/mol. The molecule has 0 unspecified atom stereocenters. The number of piperidine rings is 1. The molecule has 0 radical (unpaired) electrons. The SMILES string of the molecule is O=C(CCCCN1CCC2(CCN(C3CCCCC3)CC2)C1)C(Cc1ncc[nH]1)Cc1ncc[nH]1. The molecule has 1 spiro atoms. The number of carbonyl (C=O) groups excluding carboxylic acids is 1. The molecule has 2 aliphatic heterocycles. The zero-order valence-electron chi connectivity index (χ0n) is 21.4. The van der Waals surface area contributed by atoms with E-state index >= 15 is 0 Å². The molecule has 2 aromatic heterocycles. The van der Waals surface area contributed by atoms with Gasteiger partial charge in [-0.15, -0.1) is 0 Å². The number of nitrogens with one attached hydrogen (secondary N) is 2. The summed E-state index contributed by atoms with van der Waals surface area (Å²) in [6, 6.07) is 0.875. The van der Waals surface area contributed by atoms with Crippen LogP contribution in [0.25, 0.3) is 0 Å². The molecule has 2 aromatic rings. The lowest BCUT2D eigenvalue weighted by Gasteiger charge is -2.44. The van der Waals surface area contributed by atoms with Gasteiger partial charge in [0, 0.05) is 62.6 Å². The molecule has 5 rings (SSSR count). The number of carbonyl (C=O) groups is 1. The van der Waals surface area contributed by atoms with Crippen molar-refractivity contribution >= 4 is 5.78 Å². The van der Waals surface area contributed by atoms with E-state index in [4.69, 9.17) is 0 Å². The third kappa shape index (κ3) is 6.62. The molecule has 1 saturated carbocycles. The summed E-state index contributed by atoms with van der Waals surface area (Å²) in [4.78, 5) is 33.6. The molecule has 2 saturated heterocycles. The number of imidazole rings is 2. The molecule has 3 aliphatic rings. The van der Waals surface area contributed by atoms with E-state index in [0.717, 1.165) is 37.1 Å². The number of H-pyrrole nitrogens is 2. The van der Waals surface area contributed by atoms with Gasteiger partial charge >= 0.3 is 0 Å². The average Bonchev–Trinajstić information content (AvgIpc) is 3.66. The smallest absolute Gasteiger partial charge is 0.136 e. The van der Waals surface area contributed by atoms with Gasteiger partial charge in [0.15, 0.2) is 0 Å². The van der Waals surface area contributed by atoms with Crippen LogP contribution >= 0.6 is 0 Å². The molecule has 4 heterocycles. The second kappa shape index (κ2) is 11.8. The molecule has 0 amide bonds. The third-order valence-electron chi connectivity index (χ3n) is 9.06. The van der Waals surface area contributed by atoms with Gasteiger partial charge in [-0.05, 0) is 76.5 Å². The fourth-order valence-corrected chi connectivity index (χ4v) is 6.86. The molecule has 3 fully saturated rings. The van der Waals surface area contributed by atoms with E-state index < -0.39 is 0 Å². The second-order valence-electron chi connectivity index (χ2n) is 11.5. The summed E-state index contributed by atoms with van der Waals surface area (Å²) >= 11 is 0. The van der Waals surface area contributed by atoms with Crippen LogP contribution in [0.3, 0.4) is 0 Å². The van der Waals surface area contributed by atoms with E-state index in [9.17, 15) is 4.79 Å². The number of nitrogens with zero attached hydrogens (tertiary/aromatic N) is 4. The van der Waals surface area contributed by atoms with Crippen LogP contribution in [0.4, 0.5) is 0 Å². The predicted octanol–water partition coefficient (Wildman–Crippen LogP) is 4.39. The van der Waals surface area contributed by atoms with E-state index in [0.29, 0.717) is 30.5 Å². The minimum atomic E-state index is -0.0725. The molecule has 0 atom stereocenters. The standard InChI is InChI=1S/C28H44N6O/c35-25(23(20-26-29-12-13-30-26)21-27-31-14-15-32-27)8-4-5-16-33-17-9-28(22-33)10-18-34(19-11-28)24-6-2-1-3-7-24/h12-15,23-24H,1-11,16-22H2,(H,29,30)(H,31,32). The fourth-order valence-electron chi connectivity index (χ4n) is 6.86. The molecule has 0 bridgehead atoms. The lowest BCUT2D eigenvalue weighted by Crippen LogP contribution is -2.46. The van der Waals surface area contributed by atoms with E-state index in [2.05, 4.69) is 29.7 Å². The maximum atomic E-state index is 13.1. The zero-order chi connectivity index (χ0) is 23.9. The molecule has 192 valence electrons. The lowest BCUT2D eigenvalue weighted by molar-refractivity contribution is -0.123. The lowest BCUT2D eigenvalue weighted by atomic mass is 9.77. The highest BCUT2D eigenvalue weighted by molar-refractivity contribution is 5.81. The summed E-state index contributed by atoms with van der Waals surface area (Å²) in [5.74, 6) is 2.03. The number of unbranched alkanes of at least 4 members (excludes halogenated alkanes) is 1. The van der Waals surface area contributed by atoms with Crippen LogP contribution in [0.15, 0.2) is 24.8 Å². The molecule has 1 aliphatic carbocycles. The first-order valence-electron chi connectivity index (χ1n) is 14.1.